The molecule has 0 bridgehead atoms. The van der Waals surface area contributed by atoms with Crippen LogP contribution in [0.15, 0.2) is 48.5 Å². The fraction of sp³-hybridized carbons (Fsp3) is 0.469. The molecule has 0 atom stereocenters. The molecule has 388 valence electrons. The summed E-state index contributed by atoms with van der Waals surface area (Å²) >= 11 is 9.49. The first-order valence-corrected chi connectivity index (χ1v) is 32.6. The number of unbranched alkanes of at least 4 members (excludes halogenated alkanes) is 16. The van der Waals surface area contributed by atoms with E-state index in [1.54, 1.807) is 9.80 Å². The van der Waals surface area contributed by atoms with Gasteiger partial charge in [0.25, 0.3) is 23.6 Å². The molecule has 0 saturated heterocycles. The number of carbonyl (C=O) groups is 4. The highest BCUT2D eigenvalue weighted by molar-refractivity contribution is 14.1. The highest BCUT2D eigenvalue weighted by Gasteiger charge is 2.43. The fourth-order valence-corrected chi connectivity index (χ4v) is 16.5. The van der Waals surface area contributed by atoms with Crippen LogP contribution >= 0.6 is 90.4 Å². The molecule has 0 radical (unpaired) electrons. The topological polar surface area (TPSA) is 74.8 Å². The minimum Gasteiger partial charge on any atom is -0.271 e. The molecule has 2 aliphatic heterocycles. The second kappa shape index (κ2) is 23.7. The molecule has 0 saturated carbocycles. The van der Waals surface area contributed by atoms with Gasteiger partial charge in [-0.15, -0.1) is 0 Å². The lowest BCUT2D eigenvalue weighted by atomic mass is 9.80. The Hall–Kier alpha value is -2.70. The quantitative estimate of drug-likeness (QED) is 0.0178. The second-order valence-corrected chi connectivity index (χ2v) is 26.4. The van der Waals surface area contributed by atoms with Gasteiger partial charge in [0.15, 0.2) is 0 Å². The van der Waals surface area contributed by atoms with Gasteiger partial charge in [0.05, 0.1) is 22.3 Å². The highest BCUT2D eigenvalue weighted by Crippen LogP contribution is 2.52. The normalized spacial score (nSPS) is 14.2. The Morgan fingerprint density at radius 1 is 0.311 bits per heavy atom. The van der Waals surface area contributed by atoms with E-state index < -0.39 is 0 Å². The average Bonchev–Trinajstić information content (AvgIpc) is 3.38. The summed E-state index contributed by atoms with van der Waals surface area (Å²) < 4.78 is 3.51. The van der Waals surface area contributed by atoms with Gasteiger partial charge in [-0.1, -0.05) is 180 Å². The van der Waals surface area contributed by atoms with E-state index in [1.165, 1.54) is 77.0 Å². The van der Waals surface area contributed by atoms with Crippen LogP contribution in [0.25, 0.3) is 75.4 Å². The van der Waals surface area contributed by atoms with Crippen molar-refractivity contribution in [1.29, 1.82) is 0 Å². The third kappa shape index (κ3) is 9.62. The van der Waals surface area contributed by atoms with Gasteiger partial charge in [0, 0.05) is 37.1 Å². The number of imide groups is 2. The zero-order valence-corrected chi connectivity index (χ0v) is 52.4. The van der Waals surface area contributed by atoms with E-state index in [9.17, 15) is 0 Å². The monoisotopic (exact) mass is 1440 g/mol. The molecule has 6 nitrogen and oxygen atoms in total. The van der Waals surface area contributed by atoms with Crippen molar-refractivity contribution in [2.75, 3.05) is 0 Å². The smallest absolute Gasteiger partial charge is 0.262 e. The van der Waals surface area contributed by atoms with Crippen molar-refractivity contribution in [2.24, 2.45) is 0 Å². The molecular weight excluding hydrogens is 1370 g/mol. The predicted molar refractivity (Wildman–Crippen MR) is 344 cm³/mol. The molecule has 10 heteroatoms. The van der Waals surface area contributed by atoms with Gasteiger partial charge >= 0.3 is 0 Å². The lowest BCUT2D eigenvalue weighted by Crippen LogP contribution is -2.47. The van der Waals surface area contributed by atoms with Crippen LogP contribution in [0.4, 0.5) is 0 Å². The van der Waals surface area contributed by atoms with E-state index in [-0.39, 0.29) is 35.7 Å². The molecule has 0 aliphatic carbocycles. The summed E-state index contributed by atoms with van der Waals surface area (Å²) in [5.74, 6) is -0.571. The summed E-state index contributed by atoms with van der Waals surface area (Å²) in [5.41, 5.74) is 2.67. The van der Waals surface area contributed by atoms with Gasteiger partial charge in [0.1, 0.15) is 0 Å². The van der Waals surface area contributed by atoms with Crippen LogP contribution in [0, 0.1) is 14.3 Å². The Balaban J connectivity index is 1.11. The zero-order chi connectivity index (χ0) is 51.9. The Labute approximate surface area is 492 Å². The maximum Gasteiger partial charge on any atom is 0.262 e. The van der Waals surface area contributed by atoms with E-state index in [0.29, 0.717) is 22.3 Å². The Morgan fingerprint density at radius 3 is 0.757 bits per heavy atom. The first kappa shape index (κ1) is 54.6. The van der Waals surface area contributed by atoms with Gasteiger partial charge in [-0.05, 0) is 205 Å². The summed E-state index contributed by atoms with van der Waals surface area (Å²) in [5, 5.41) is 14.5. The first-order chi connectivity index (χ1) is 36.0. The maximum atomic E-state index is 15.2. The number of nitrogens with zero attached hydrogens (tertiary/aromatic N) is 2. The summed E-state index contributed by atoms with van der Waals surface area (Å²) in [4.78, 5) is 64.1. The standard InChI is InChI=1S/C64H70I4N2O4/c1-5-9-13-17-21-25-37(26-22-18-14-10-6-2)69-61(71)55-47(65)33-43-39-29-31-41-45-35-49(67)57-60-54(45)46(42-32-30-40(51(39)52(41)42)44-34-48(66)56(62(69)72)59(55)53(43)44)36-50(68)58(60)64(74)70(63(57)73)38(27-23-19-15-11-7-3)28-24-20-16-12-8-4/h29-38H,5-28H2,1-4H3. The van der Waals surface area contributed by atoms with Crippen molar-refractivity contribution in [1.82, 2.24) is 9.80 Å². The number of rotatable bonds is 26. The van der Waals surface area contributed by atoms with Crippen molar-refractivity contribution < 1.29 is 19.2 Å². The Morgan fingerprint density at radius 2 is 0.527 bits per heavy atom. The van der Waals surface area contributed by atoms with Crippen LogP contribution in [0.2, 0.25) is 0 Å². The van der Waals surface area contributed by atoms with Crippen molar-refractivity contribution in [3.63, 3.8) is 0 Å². The van der Waals surface area contributed by atoms with Crippen LogP contribution in [0.5, 0.6) is 0 Å². The lowest BCUT2D eigenvalue weighted by Gasteiger charge is -2.36. The average molecular weight is 1440 g/mol. The molecule has 8 aromatic carbocycles. The summed E-state index contributed by atoms with van der Waals surface area (Å²) in [7, 11) is 0. The number of carbonyl (C=O) groups excluding carboxylic acids is 4. The highest BCUT2D eigenvalue weighted by atomic mass is 127. The summed E-state index contributed by atoms with van der Waals surface area (Å²) in [6, 6.07) is 17.6. The minimum absolute atomic E-state index is 0.126. The number of amides is 4. The molecule has 0 fully saturated rings. The zero-order valence-electron chi connectivity index (χ0n) is 43.8. The molecular formula is C64H70I4N2O4. The molecule has 0 spiro atoms. The van der Waals surface area contributed by atoms with E-state index >= 15 is 19.2 Å². The van der Waals surface area contributed by atoms with Gasteiger partial charge in [-0.25, -0.2) is 0 Å². The number of hydrogen-bond donors (Lipinski definition) is 0. The SMILES string of the molecule is CCCCCCCC(CCCCCCC)N1C(=O)c2c(I)cc3c4ccc5c6cc(I)c7c8c(c(I)cc(c9ccc(c%10cc(I)c(c2c3%10)C1=O)c4c59)c86)C(=O)N(C(CCCCCCC)CCCCCCC)C7=O. The molecule has 0 N–H and O–H groups in total. The molecule has 4 amide bonds. The van der Waals surface area contributed by atoms with E-state index in [2.05, 4.69) is 167 Å². The largest absolute Gasteiger partial charge is 0.271 e. The predicted octanol–water partition coefficient (Wildman–Crippen LogP) is 20.4. The van der Waals surface area contributed by atoms with Crippen LogP contribution in [-0.4, -0.2) is 45.5 Å². The van der Waals surface area contributed by atoms with Crippen LogP contribution in [-0.2, 0) is 0 Å². The fourth-order valence-electron chi connectivity index (χ4n) is 13.3. The number of fused-ring (bicyclic) bond motifs is 4. The molecule has 2 heterocycles. The molecule has 2 aliphatic rings. The number of hydrogen-bond acceptors (Lipinski definition) is 4. The van der Waals surface area contributed by atoms with Crippen molar-refractivity contribution in [3.8, 4) is 0 Å². The molecule has 8 aromatic rings. The summed E-state index contributed by atoms with van der Waals surface area (Å²) in [6.07, 6.45) is 26.3. The Bertz CT molecular complexity index is 3040. The van der Waals surface area contributed by atoms with E-state index in [0.717, 1.165) is 167 Å². The van der Waals surface area contributed by atoms with Crippen molar-refractivity contribution in [2.45, 2.75) is 194 Å². The van der Waals surface area contributed by atoms with Gasteiger partial charge in [-0.2, -0.15) is 0 Å². The van der Waals surface area contributed by atoms with Gasteiger partial charge in [0.2, 0.25) is 0 Å². The molecule has 0 aromatic heterocycles. The molecule has 0 unspecified atom stereocenters. The van der Waals surface area contributed by atoms with E-state index in [1.807, 2.05) is 0 Å². The second-order valence-electron chi connectivity index (χ2n) is 21.8. The van der Waals surface area contributed by atoms with E-state index in [4.69, 9.17) is 0 Å². The third-order valence-corrected chi connectivity index (χ3v) is 20.4. The van der Waals surface area contributed by atoms with Crippen molar-refractivity contribution >= 4 is 189 Å². The number of benzene rings is 8. The van der Waals surface area contributed by atoms with Gasteiger partial charge in [-0.3, -0.25) is 29.0 Å². The minimum atomic E-state index is -0.143. The van der Waals surface area contributed by atoms with Crippen LogP contribution in [0.1, 0.15) is 223 Å². The Kier molecular flexibility index (Phi) is 17.5. The van der Waals surface area contributed by atoms with Crippen molar-refractivity contribution in [3.05, 3.63) is 85.1 Å². The maximum absolute atomic E-state index is 15.2. The van der Waals surface area contributed by atoms with Gasteiger partial charge < -0.3 is 0 Å². The third-order valence-electron chi connectivity index (χ3n) is 17.0. The summed E-state index contributed by atoms with van der Waals surface area (Å²) in [6.45, 7) is 8.95. The number of halogens is 4. The van der Waals surface area contributed by atoms with Crippen LogP contribution in [0.3, 0.4) is 0 Å². The lowest BCUT2D eigenvalue weighted by molar-refractivity contribution is 0.0500. The van der Waals surface area contributed by atoms with Crippen LogP contribution < -0.4 is 0 Å². The molecule has 74 heavy (non-hydrogen) atoms. The molecule has 10 rings (SSSR count). The first-order valence-electron chi connectivity index (χ1n) is 28.3.